The van der Waals surface area contributed by atoms with Crippen molar-refractivity contribution in [2.45, 2.75) is 4.90 Å². The van der Waals surface area contributed by atoms with Crippen molar-refractivity contribution in [2.75, 3.05) is 43.4 Å². The number of rotatable bonds is 5. The minimum absolute atomic E-state index is 0.408. The van der Waals surface area contributed by atoms with Gasteiger partial charge in [-0.3, -0.25) is 3.97 Å². The number of nitrogens with zero attached hydrogens (tertiary/aromatic N) is 5. The molecular formula is C25H24N6OS. The molecule has 7 nitrogen and oxygen atoms in total. The number of nitrogens with one attached hydrogen (secondary N) is 1. The van der Waals surface area contributed by atoms with Crippen LogP contribution in [0.3, 0.4) is 0 Å². The number of hydrogen-bond donors (Lipinski definition) is 1. The molecule has 0 radical (unpaired) electrons. The largest absolute Gasteiger partial charge is 0.369 e. The maximum atomic E-state index is 13.3. The van der Waals surface area contributed by atoms with E-state index in [0.717, 1.165) is 42.8 Å². The highest BCUT2D eigenvalue weighted by atomic mass is 32.2. The summed E-state index contributed by atoms with van der Waals surface area (Å²) in [4.78, 5) is 9.74. The number of fused-ring (bicyclic) bond motifs is 1. The Bertz CT molecular complexity index is 1350. The average molecular weight is 457 g/mol. The number of benzene rings is 2. The molecular weight excluding hydrogens is 432 g/mol. The lowest BCUT2D eigenvalue weighted by molar-refractivity contribution is 0.313. The second-order valence-corrected chi connectivity index (χ2v) is 9.42. The highest BCUT2D eigenvalue weighted by molar-refractivity contribution is 7.83. The van der Waals surface area contributed by atoms with Gasteiger partial charge in [0.25, 0.3) is 0 Å². The third-order valence-corrected chi connectivity index (χ3v) is 7.33. The van der Waals surface area contributed by atoms with E-state index in [0.29, 0.717) is 16.3 Å². The van der Waals surface area contributed by atoms with E-state index in [4.69, 9.17) is 0 Å². The molecule has 33 heavy (non-hydrogen) atoms. The van der Waals surface area contributed by atoms with Crippen LogP contribution in [0.5, 0.6) is 0 Å². The number of piperazine rings is 1. The fourth-order valence-electron chi connectivity index (χ4n) is 4.00. The topological polar surface area (TPSA) is 77.2 Å². The monoisotopic (exact) mass is 456 g/mol. The minimum atomic E-state index is -1.54. The third kappa shape index (κ3) is 4.33. The number of likely N-dealkylation sites (N-methyl/N-ethyl adjacent to an activating group) is 1. The molecule has 0 amide bonds. The van der Waals surface area contributed by atoms with Gasteiger partial charge in [0.1, 0.15) is 11.9 Å². The summed E-state index contributed by atoms with van der Waals surface area (Å²) in [5.74, 6) is 0.667. The second kappa shape index (κ2) is 9.06. The van der Waals surface area contributed by atoms with Crippen LogP contribution in [0.1, 0.15) is 5.56 Å². The lowest BCUT2D eigenvalue weighted by atomic mass is 10.2. The van der Waals surface area contributed by atoms with Crippen molar-refractivity contribution in [1.82, 2.24) is 13.9 Å². The fraction of sp³-hybridized carbons (Fsp3) is 0.200. The van der Waals surface area contributed by atoms with E-state index in [1.165, 1.54) is 5.69 Å². The Morgan fingerprint density at radius 2 is 1.79 bits per heavy atom. The van der Waals surface area contributed by atoms with Crippen LogP contribution in [0.15, 0.2) is 78.0 Å². The molecule has 4 aromatic rings. The Morgan fingerprint density at radius 3 is 2.55 bits per heavy atom. The van der Waals surface area contributed by atoms with Crippen molar-refractivity contribution >= 4 is 39.1 Å². The number of pyridine rings is 1. The molecule has 0 aliphatic carbocycles. The zero-order chi connectivity index (χ0) is 22.8. The highest BCUT2D eigenvalue weighted by Crippen LogP contribution is 2.26. The Hall–Kier alpha value is -3.67. The maximum absolute atomic E-state index is 13.3. The van der Waals surface area contributed by atoms with Crippen LogP contribution in [0.25, 0.3) is 10.9 Å². The van der Waals surface area contributed by atoms with E-state index in [9.17, 15) is 9.47 Å². The molecule has 1 N–H and O–H groups in total. The highest BCUT2D eigenvalue weighted by Gasteiger charge is 2.16. The minimum Gasteiger partial charge on any atom is -0.369 e. The lowest BCUT2D eigenvalue weighted by Crippen LogP contribution is -2.44. The lowest BCUT2D eigenvalue weighted by Gasteiger charge is -2.34. The van der Waals surface area contributed by atoms with Crippen molar-refractivity contribution in [3.05, 3.63) is 78.6 Å². The molecule has 3 heterocycles. The Labute approximate surface area is 195 Å². The van der Waals surface area contributed by atoms with E-state index in [2.05, 4.69) is 57.5 Å². The van der Waals surface area contributed by atoms with Crippen LogP contribution < -0.4 is 10.2 Å². The molecule has 2 aromatic carbocycles. The van der Waals surface area contributed by atoms with Gasteiger partial charge in [0.05, 0.1) is 16.0 Å². The molecule has 0 saturated carbocycles. The smallest absolute Gasteiger partial charge is 0.158 e. The van der Waals surface area contributed by atoms with Gasteiger partial charge in [0, 0.05) is 61.4 Å². The summed E-state index contributed by atoms with van der Waals surface area (Å²) >= 11 is 0. The van der Waals surface area contributed by atoms with Crippen LogP contribution in [-0.2, 0) is 11.0 Å². The SMILES string of the molecule is CN1CCN(c2ccc(Nc3cc4c(ccn4S(=O)c4ccccc4C#N)cn3)cc2)CC1. The average Bonchev–Trinajstić information content (AvgIpc) is 3.28. The molecule has 1 atom stereocenters. The van der Waals surface area contributed by atoms with Gasteiger partial charge in [-0.25, -0.2) is 9.19 Å². The summed E-state index contributed by atoms with van der Waals surface area (Å²) in [5.41, 5.74) is 3.35. The molecule has 8 heteroatoms. The third-order valence-electron chi connectivity index (χ3n) is 5.92. The normalized spacial score (nSPS) is 15.3. The van der Waals surface area contributed by atoms with Crippen molar-refractivity contribution in [3.8, 4) is 6.07 Å². The summed E-state index contributed by atoms with van der Waals surface area (Å²) < 4.78 is 14.9. The fourth-order valence-corrected chi connectivity index (χ4v) is 5.22. The molecule has 2 aromatic heterocycles. The van der Waals surface area contributed by atoms with Gasteiger partial charge >= 0.3 is 0 Å². The van der Waals surface area contributed by atoms with Crippen LogP contribution in [0, 0.1) is 11.3 Å². The van der Waals surface area contributed by atoms with Gasteiger partial charge in [-0.2, -0.15) is 5.26 Å². The molecule has 1 saturated heterocycles. The van der Waals surface area contributed by atoms with Crippen LogP contribution in [-0.4, -0.2) is 51.3 Å². The summed E-state index contributed by atoms with van der Waals surface area (Å²) in [7, 11) is 0.620. The second-order valence-electron chi connectivity index (χ2n) is 8.09. The van der Waals surface area contributed by atoms with Crippen molar-refractivity contribution in [2.24, 2.45) is 0 Å². The van der Waals surface area contributed by atoms with Gasteiger partial charge in [-0.15, -0.1) is 0 Å². The summed E-state index contributed by atoms with van der Waals surface area (Å²) in [6.07, 6.45) is 3.53. The van der Waals surface area contributed by atoms with Crippen molar-refractivity contribution in [1.29, 1.82) is 5.26 Å². The van der Waals surface area contributed by atoms with Crippen molar-refractivity contribution < 1.29 is 4.21 Å². The molecule has 1 unspecified atom stereocenters. The first kappa shape index (κ1) is 21.2. The molecule has 1 fully saturated rings. The molecule has 5 rings (SSSR count). The number of anilines is 3. The summed E-state index contributed by atoms with van der Waals surface area (Å²) in [6.45, 7) is 4.21. The van der Waals surface area contributed by atoms with Crippen LogP contribution in [0.2, 0.25) is 0 Å². The first-order valence-electron chi connectivity index (χ1n) is 10.8. The number of hydrogen-bond acceptors (Lipinski definition) is 6. The zero-order valence-corrected chi connectivity index (χ0v) is 19.1. The molecule has 166 valence electrons. The Kier molecular flexibility index (Phi) is 5.82. The number of aromatic nitrogens is 2. The van der Waals surface area contributed by atoms with E-state index in [1.807, 2.05) is 12.1 Å². The van der Waals surface area contributed by atoms with E-state index in [1.54, 1.807) is 40.6 Å². The summed E-state index contributed by atoms with van der Waals surface area (Å²) in [5, 5.41) is 13.6. The summed E-state index contributed by atoms with van der Waals surface area (Å²) in [6, 6.07) is 21.2. The van der Waals surface area contributed by atoms with Crippen molar-refractivity contribution in [3.63, 3.8) is 0 Å². The van der Waals surface area contributed by atoms with Crippen LogP contribution >= 0.6 is 0 Å². The predicted molar refractivity (Wildman–Crippen MR) is 132 cm³/mol. The Balaban J connectivity index is 1.38. The van der Waals surface area contributed by atoms with E-state index >= 15 is 0 Å². The van der Waals surface area contributed by atoms with E-state index in [-0.39, 0.29) is 0 Å². The quantitative estimate of drug-likeness (QED) is 0.490. The molecule has 1 aliphatic rings. The molecule has 1 aliphatic heterocycles. The standard InChI is InChI=1S/C25H24N6OS/c1-29-12-14-30(15-13-29)22-8-6-21(7-9-22)28-25-16-23-20(18-27-25)10-11-31(23)33(32)24-5-3-2-4-19(24)17-26/h2-11,16,18H,12-15H2,1H3,(H,27,28). The van der Waals surface area contributed by atoms with Gasteiger partial charge < -0.3 is 15.1 Å². The van der Waals surface area contributed by atoms with Gasteiger partial charge in [0.15, 0.2) is 11.0 Å². The predicted octanol–water partition coefficient (Wildman–Crippen LogP) is 3.97. The van der Waals surface area contributed by atoms with Gasteiger partial charge in [-0.05, 0) is 49.5 Å². The Morgan fingerprint density at radius 1 is 1.03 bits per heavy atom. The molecule has 0 spiro atoms. The van der Waals surface area contributed by atoms with E-state index < -0.39 is 11.0 Å². The first-order chi connectivity index (χ1) is 16.1. The molecule has 0 bridgehead atoms. The van der Waals surface area contributed by atoms with Gasteiger partial charge in [0.2, 0.25) is 0 Å². The number of nitriles is 1. The maximum Gasteiger partial charge on any atom is 0.158 e. The van der Waals surface area contributed by atoms with Crippen LogP contribution in [0.4, 0.5) is 17.2 Å². The van der Waals surface area contributed by atoms with Gasteiger partial charge in [-0.1, -0.05) is 12.1 Å². The zero-order valence-electron chi connectivity index (χ0n) is 18.3. The first-order valence-corrected chi connectivity index (χ1v) is 11.9.